The Bertz CT molecular complexity index is 873. The van der Waals surface area contributed by atoms with Gasteiger partial charge in [0.2, 0.25) is 0 Å². The van der Waals surface area contributed by atoms with Gasteiger partial charge in [-0.2, -0.15) is 9.97 Å². The minimum Gasteiger partial charge on any atom is -0.463 e. The Balaban J connectivity index is 1.95. The van der Waals surface area contributed by atoms with Crippen molar-refractivity contribution in [2.45, 2.75) is 25.8 Å². The van der Waals surface area contributed by atoms with E-state index in [2.05, 4.69) is 21.9 Å². The Morgan fingerprint density at radius 2 is 2.04 bits per heavy atom. The number of aldehydes is 1. The van der Waals surface area contributed by atoms with Crippen molar-refractivity contribution in [2.24, 2.45) is 5.73 Å². The van der Waals surface area contributed by atoms with Gasteiger partial charge in [0, 0.05) is 17.3 Å². The Labute approximate surface area is 145 Å². The minimum absolute atomic E-state index is 0.253. The molecule has 0 radical (unpaired) electrons. The summed E-state index contributed by atoms with van der Waals surface area (Å²) in [5.74, 6) is 0.325. The van der Waals surface area contributed by atoms with Gasteiger partial charge >= 0.3 is 6.01 Å². The van der Waals surface area contributed by atoms with Crippen LogP contribution in [-0.2, 0) is 0 Å². The normalized spacial score (nSPS) is 12.2. The van der Waals surface area contributed by atoms with Crippen molar-refractivity contribution in [3.8, 4) is 6.01 Å². The molecule has 25 heavy (non-hydrogen) atoms. The van der Waals surface area contributed by atoms with Crippen LogP contribution >= 0.6 is 0 Å². The average Bonchev–Trinajstić information content (AvgIpc) is 3.06. The summed E-state index contributed by atoms with van der Waals surface area (Å²) in [4.78, 5) is 22.5. The van der Waals surface area contributed by atoms with E-state index in [1.165, 1.54) is 0 Å². The van der Waals surface area contributed by atoms with Gasteiger partial charge in [0.05, 0.1) is 12.6 Å². The van der Waals surface area contributed by atoms with Crippen molar-refractivity contribution in [1.29, 1.82) is 0 Å². The number of nitrogens with zero attached hydrogens (tertiary/aromatic N) is 2. The van der Waals surface area contributed by atoms with Crippen LogP contribution in [0.2, 0.25) is 0 Å². The zero-order valence-electron chi connectivity index (χ0n) is 14.0. The number of carbonyl (C=O) groups excluding carboxylic acids is 1. The Kier molecular flexibility index (Phi) is 4.95. The summed E-state index contributed by atoms with van der Waals surface area (Å²) < 4.78 is 5.58. The molecule has 0 saturated heterocycles. The van der Waals surface area contributed by atoms with Gasteiger partial charge in [-0.15, -0.1) is 0 Å². The summed E-state index contributed by atoms with van der Waals surface area (Å²) >= 11 is 0. The molecule has 5 N–H and O–H groups in total. The smallest absolute Gasteiger partial charge is 0.319 e. The number of ether oxygens (including phenoxy) is 1. The van der Waals surface area contributed by atoms with Gasteiger partial charge in [-0.3, -0.25) is 4.79 Å². The maximum Gasteiger partial charge on any atom is 0.319 e. The number of fused-ring (bicyclic) bond motifs is 1. The summed E-state index contributed by atoms with van der Waals surface area (Å²) in [6, 6.07) is 6.97. The fourth-order valence-electron chi connectivity index (χ4n) is 2.60. The molecule has 0 amide bonds. The fourth-order valence-corrected chi connectivity index (χ4v) is 2.60. The van der Waals surface area contributed by atoms with Gasteiger partial charge in [-0.1, -0.05) is 37.6 Å². The number of rotatable bonds is 7. The predicted octanol–water partition coefficient (Wildman–Crippen LogP) is 2.58. The third-order valence-electron chi connectivity index (χ3n) is 4.06. The van der Waals surface area contributed by atoms with E-state index in [9.17, 15) is 4.79 Å². The van der Waals surface area contributed by atoms with Crippen molar-refractivity contribution in [2.75, 3.05) is 12.3 Å². The number of hydrogen-bond donors (Lipinski definition) is 3. The van der Waals surface area contributed by atoms with E-state index in [-0.39, 0.29) is 6.01 Å². The van der Waals surface area contributed by atoms with Crippen molar-refractivity contribution < 1.29 is 9.53 Å². The first-order valence-electron chi connectivity index (χ1n) is 8.22. The highest BCUT2D eigenvalue weighted by Gasteiger charge is 2.18. The van der Waals surface area contributed by atoms with Crippen LogP contribution in [0.3, 0.4) is 0 Å². The lowest BCUT2D eigenvalue weighted by Gasteiger charge is -2.12. The van der Waals surface area contributed by atoms with Crippen LogP contribution in [0.15, 0.2) is 30.5 Å². The van der Waals surface area contributed by atoms with Gasteiger partial charge in [-0.25, -0.2) is 0 Å². The zero-order chi connectivity index (χ0) is 17.8. The number of aromatic nitrogens is 3. The number of unbranched alkanes of at least 4 members (excludes halogenated alkanes) is 1. The Morgan fingerprint density at radius 1 is 1.28 bits per heavy atom. The zero-order valence-corrected chi connectivity index (χ0v) is 14.0. The van der Waals surface area contributed by atoms with Gasteiger partial charge in [-0.05, 0) is 12.0 Å². The topological polar surface area (TPSA) is 120 Å². The molecule has 3 aromatic rings. The first-order chi connectivity index (χ1) is 12.1. The highest BCUT2D eigenvalue weighted by atomic mass is 16.5. The maximum absolute atomic E-state index is 10.8. The van der Waals surface area contributed by atoms with Crippen molar-refractivity contribution in [3.63, 3.8) is 0 Å². The second kappa shape index (κ2) is 7.31. The largest absolute Gasteiger partial charge is 0.463 e. The quantitative estimate of drug-likeness (QED) is 0.449. The highest BCUT2D eigenvalue weighted by molar-refractivity contribution is 5.88. The Hall–Kier alpha value is -2.93. The average molecular weight is 339 g/mol. The summed E-state index contributed by atoms with van der Waals surface area (Å²) in [5.41, 5.74) is 16.0. The lowest BCUT2D eigenvalue weighted by molar-refractivity contribution is 0.112. The van der Waals surface area contributed by atoms with Gasteiger partial charge in [0.1, 0.15) is 17.3 Å². The molecule has 0 aliphatic heterocycles. The molecule has 2 aromatic heterocycles. The first-order valence-corrected chi connectivity index (χ1v) is 8.22. The van der Waals surface area contributed by atoms with Crippen molar-refractivity contribution in [3.05, 3.63) is 47.2 Å². The molecule has 2 heterocycles. The monoisotopic (exact) mass is 339 g/mol. The number of carbonyl (C=O) groups is 1. The lowest BCUT2D eigenvalue weighted by atomic mass is 10.00. The van der Waals surface area contributed by atoms with Crippen LogP contribution in [0.25, 0.3) is 11.0 Å². The van der Waals surface area contributed by atoms with Gasteiger partial charge in [0.15, 0.2) is 5.82 Å². The Morgan fingerprint density at radius 3 is 2.72 bits per heavy atom. The summed E-state index contributed by atoms with van der Waals surface area (Å²) in [6.07, 6.45) is 4.53. The highest BCUT2D eigenvalue weighted by Crippen LogP contribution is 2.29. The van der Waals surface area contributed by atoms with E-state index in [1.54, 1.807) is 18.3 Å². The van der Waals surface area contributed by atoms with Crippen LogP contribution < -0.4 is 16.2 Å². The van der Waals surface area contributed by atoms with Crippen molar-refractivity contribution in [1.82, 2.24) is 15.0 Å². The molecule has 130 valence electrons. The third-order valence-corrected chi connectivity index (χ3v) is 4.06. The van der Waals surface area contributed by atoms with E-state index in [0.29, 0.717) is 29.0 Å². The number of nitrogens with one attached hydrogen (secondary N) is 1. The van der Waals surface area contributed by atoms with Crippen LogP contribution in [0.1, 0.15) is 47.3 Å². The van der Waals surface area contributed by atoms with Crippen molar-refractivity contribution >= 4 is 23.1 Å². The number of nitrogen functional groups attached to an aromatic ring is 1. The van der Waals surface area contributed by atoms with Crippen LogP contribution in [0, 0.1) is 0 Å². The molecule has 1 aromatic carbocycles. The molecule has 7 nitrogen and oxygen atoms in total. The molecule has 1 atom stereocenters. The molecule has 0 fully saturated rings. The summed E-state index contributed by atoms with van der Waals surface area (Å²) in [5, 5.41) is 0. The number of H-pyrrole nitrogens is 1. The number of anilines is 1. The van der Waals surface area contributed by atoms with E-state index in [4.69, 9.17) is 16.2 Å². The minimum atomic E-state index is -0.410. The van der Waals surface area contributed by atoms with Gasteiger partial charge in [0.25, 0.3) is 0 Å². The maximum atomic E-state index is 10.8. The number of hydrogen-bond acceptors (Lipinski definition) is 6. The van der Waals surface area contributed by atoms with Crippen LogP contribution in [0.5, 0.6) is 6.01 Å². The second-order valence-corrected chi connectivity index (χ2v) is 5.82. The van der Waals surface area contributed by atoms with E-state index in [0.717, 1.165) is 30.3 Å². The molecule has 0 aliphatic rings. The van der Waals surface area contributed by atoms with Gasteiger partial charge < -0.3 is 21.2 Å². The number of aromatic amines is 1. The van der Waals surface area contributed by atoms with E-state index >= 15 is 0 Å². The fraction of sp³-hybridized carbons (Fsp3) is 0.278. The van der Waals surface area contributed by atoms with E-state index in [1.807, 2.05) is 12.1 Å². The third kappa shape index (κ3) is 3.46. The van der Waals surface area contributed by atoms with Crippen LogP contribution in [-0.4, -0.2) is 27.8 Å². The molecule has 1 unspecified atom stereocenters. The van der Waals surface area contributed by atoms with Crippen LogP contribution in [0.4, 0.5) is 5.82 Å². The lowest BCUT2D eigenvalue weighted by Crippen LogP contribution is -2.12. The predicted molar refractivity (Wildman–Crippen MR) is 96.6 cm³/mol. The molecule has 0 saturated carbocycles. The van der Waals surface area contributed by atoms with E-state index < -0.39 is 6.04 Å². The summed E-state index contributed by atoms with van der Waals surface area (Å²) in [7, 11) is 0. The molecular weight excluding hydrogens is 318 g/mol. The molecule has 0 bridgehead atoms. The number of nitrogens with two attached hydrogens (primary N) is 2. The molecule has 3 rings (SSSR count). The SMILES string of the molecule is CCCCOc1nc(N)c2[nH]cc(C(N)c3ccc(C=O)cc3)c2n1. The molecular formula is C18H21N5O2. The first kappa shape index (κ1) is 16.9. The summed E-state index contributed by atoms with van der Waals surface area (Å²) in [6.45, 7) is 2.63. The number of benzene rings is 1. The molecule has 7 heteroatoms. The second-order valence-electron chi connectivity index (χ2n) is 5.82. The standard InChI is InChI=1S/C18H21N5O2/c1-2-3-8-25-18-22-15-13(9-21-16(15)17(20)23-18)14(19)12-6-4-11(10-24)5-7-12/h4-7,9-10,14,21H,2-3,8,19H2,1H3,(H2,20,22,23). The molecule has 0 spiro atoms. The molecule has 0 aliphatic carbocycles.